The van der Waals surface area contributed by atoms with E-state index < -0.39 is 0 Å². The van der Waals surface area contributed by atoms with Gasteiger partial charge in [-0.2, -0.15) is 0 Å². The van der Waals surface area contributed by atoms with Gasteiger partial charge in [0.2, 0.25) is 0 Å². The van der Waals surface area contributed by atoms with Crippen molar-refractivity contribution < 1.29 is 4.79 Å². The van der Waals surface area contributed by atoms with Crippen LogP contribution in [0, 0.1) is 20.8 Å². The second kappa shape index (κ2) is 7.78. The number of hydrogen-bond donors (Lipinski definition) is 2. The Bertz CT molecular complexity index is 920. The van der Waals surface area contributed by atoms with Gasteiger partial charge in [-0.25, -0.2) is 9.97 Å². The molecule has 1 heterocycles. The summed E-state index contributed by atoms with van der Waals surface area (Å²) >= 11 is 0. The molecular formula is C21H22N4O. The van der Waals surface area contributed by atoms with Crippen molar-refractivity contribution >= 4 is 17.4 Å². The molecule has 3 aromatic rings. The number of hydrogen-bond acceptors (Lipinski definition) is 4. The number of aromatic nitrogens is 2. The first kappa shape index (κ1) is 17.6. The summed E-state index contributed by atoms with van der Waals surface area (Å²) in [4.78, 5) is 21.1. The number of nitrogens with zero attached hydrogens (tertiary/aromatic N) is 2. The van der Waals surface area contributed by atoms with Crippen LogP contribution in [0.2, 0.25) is 0 Å². The number of anilines is 2. The van der Waals surface area contributed by atoms with E-state index in [0.29, 0.717) is 23.9 Å². The molecule has 0 spiro atoms. The standard InChI is InChI=1S/C21H22N4O/c1-14-7-9-18(10-8-14)25-21(26)19-12-20(24-16(3)23-19)22-13-17-6-4-5-15(2)11-17/h4-12H,13H2,1-3H3,(H,25,26)(H,22,23,24). The molecule has 0 aliphatic rings. The largest absolute Gasteiger partial charge is 0.366 e. The highest BCUT2D eigenvalue weighted by molar-refractivity contribution is 6.03. The second-order valence-electron chi connectivity index (χ2n) is 6.35. The minimum Gasteiger partial charge on any atom is -0.366 e. The monoisotopic (exact) mass is 346 g/mol. The zero-order chi connectivity index (χ0) is 18.5. The van der Waals surface area contributed by atoms with Crippen molar-refractivity contribution in [3.63, 3.8) is 0 Å². The highest BCUT2D eigenvalue weighted by Crippen LogP contribution is 2.13. The Labute approximate surface area is 153 Å². The van der Waals surface area contributed by atoms with E-state index in [2.05, 4.69) is 45.7 Å². The van der Waals surface area contributed by atoms with Gasteiger partial charge in [-0.1, -0.05) is 47.5 Å². The van der Waals surface area contributed by atoms with Crippen LogP contribution in [0.4, 0.5) is 11.5 Å². The number of carbonyl (C=O) groups is 1. The zero-order valence-electron chi connectivity index (χ0n) is 15.2. The van der Waals surface area contributed by atoms with Crippen LogP contribution >= 0.6 is 0 Å². The Hall–Kier alpha value is -3.21. The molecule has 0 radical (unpaired) electrons. The van der Waals surface area contributed by atoms with Crippen molar-refractivity contribution in [3.8, 4) is 0 Å². The van der Waals surface area contributed by atoms with E-state index >= 15 is 0 Å². The summed E-state index contributed by atoms with van der Waals surface area (Å²) in [7, 11) is 0. The number of nitrogens with one attached hydrogen (secondary N) is 2. The van der Waals surface area contributed by atoms with Gasteiger partial charge in [-0.05, 0) is 38.5 Å². The van der Waals surface area contributed by atoms with Gasteiger partial charge in [0.1, 0.15) is 17.3 Å². The molecule has 0 aliphatic heterocycles. The predicted octanol–water partition coefficient (Wildman–Crippen LogP) is 4.27. The number of aryl methyl sites for hydroxylation is 3. The highest BCUT2D eigenvalue weighted by Gasteiger charge is 2.11. The second-order valence-corrected chi connectivity index (χ2v) is 6.35. The molecule has 132 valence electrons. The number of rotatable bonds is 5. The van der Waals surface area contributed by atoms with E-state index in [9.17, 15) is 4.79 Å². The summed E-state index contributed by atoms with van der Waals surface area (Å²) < 4.78 is 0. The quantitative estimate of drug-likeness (QED) is 0.724. The van der Waals surface area contributed by atoms with Crippen molar-refractivity contribution in [2.24, 2.45) is 0 Å². The van der Waals surface area contributed by atoms with Gasteiger partial charge >= 0.3 is 0 Å². The summed E-state index contributed by atoms with van der Waals surface area (Å²) in [6.07, 6.45) is 0. The Balaban J connectivity index is 1.72. The summed E-state index contributed by atoms with van der Waals surface area (Å²) in [5, 5.41) is 6.13. The van der Waals surface area contributed by atoms with Crippen molar-refractivity contribution in [2.75, 3.05) is 10.6 Å². The molecule has 2 N–H and O–H groups in total. The van der Waals surface area contributed by atoms with Crippen molar-refractivity contribution in [2.45, 2.75) is 27.3 Å². The Morgan fingerprint density at radius 1 is 0.923 bits per heavy atom. The third kappa shape index (κ3) is 4.66. The molecular weight excluding hydrogens is 324 g/mol. The molecule has 0 aliphatic carbocycles. The van der Waals surface area contributed by atoms with Crippen LogP contribution in [0.25, 0.3) is 0 Å². The lowest BCUT2D eigenvalue weighted by molar-refractivity contribution is 0.102. The Kier molecular flexibility index (Phi) is 5.27. The lowest BCUT2D eigenvalue weighted by Gasteiger charge is -2.10. The van der Waals surface area contributed by atoms with Gasteiger partial charge in [0.25, 0.3) is 5.91 Å². The molecule has 1 amide bonds. The number of amides is 1. The highest BCUT2D eigenvalue weighted by atomic mass is 16.1. The summed E-state index contributed by atoms with van der Waals surface area (Å²) in [6, 6.07) is 17.6. The molecule has 0 atom stereocenters. The van der Waals surface area contributed by atoms with Crippen LogP contribution in [0.1, 0.15) is 33.0 Å². The van der Waals surface area contributed by atoms with Crippen LogP contribution < -0.4 is 10.6 Å². The van der Waals surface area contributed by atoms with E-state index in [1.54, 1.807) is 13.0 Å². The Morgan fingerprint density at radius 3 is 2.42 bits per heavy atom. The van der Waals surface area contributed by atoms with Crippen LogP contribution in [-0.2, 0) is 6.54 Å². The molecule has 1 aromatic heterocycles. The van der Waals surface area contributed by atoms with Crippen LogP contribution in [0.15, 0.2) is 54.6 Å². The maximum absolute atomic E-state index is 12.5. The molecule has 26 heavy (non-hydrogen) atoms. The normalized spacial score (nSPS) is 10.4. The minimum absolute atomic E-state index is 0.252. The van der Waals surface area contributed by atoms with Gasteiger partial charge < -0.3 is 10.6 Å². The molecule has 0 bridgehead atoms. The molecule has 5 heteroatoms. The maximum Gasteiger partial charge on any atom is 0.274 e. The van der Waals surface area contributed by atoms with E-state index in [0.717, 1.165) is 16.8 Å². The fourth-order valence-electron chi connectivity index (χ4n) is 2.62. The van der Waals surface area contributed by atoms with Crippen molar-refractivity contribution in [1.82, 2.24) is 9.97 Å². The predicted molar refractivity (Wildman–Crippen MR) is 104 cm³/mol. The third-order valence-electron chi connectivity index (χ3n) is 3.94. The van der Waals surface area contributed by atoms with E-state index in [1.807, 2.05) is 37.3 Å². The van der Waals surface area contributed by atoms with E-state index in [4.69, 9.17) is 0 Å². The first-order valence-corrected chi connectivity index (χ1v) is 8.53. The molecule has 3 rings (SSSR count). The first-order chi connectivity index (χ1) is 12.5. The molecule has 0 saturated carbocycles. The van der Waals surface area contributed by atoms with Crippen LogP contribution in [0.3, 0.4) is 0 Å². The molecule has 0 fully saturated rings. The van der Waals surface area contributed by atoms with Crippen LogP contribution in [0.5, 0.6) is 0 Å². The lowest BCUT2D eigenvalue weighted by atomic mass is 10.1. The Morgan fingerprint density at radius 2 is 1.69 bits per heavy atom. The average molecular weight is 346 g/mol. The molecule has 0 unspecified atom stereocenters. The van der Waals surface area contributed by atoms with Gasteiger partial charge in [-0.15, -0.1) is 0 Å². The maximum atomic E-state index is 12.5. The topological polar surface area (TPSA) is 66.9 Å². The average Bonchev–Trinajstić information content (AvgIpc) is 2.61. The number of carbonyl (C=O) groups excluding carboxylic acids is 1. The molecule has 2 aromatic carbocycles. The van der Waals surface area contributed by atoms with Crippen molar-refractivity contribution in [1.29, 1.82) is 0 Å². The fraction of sp³-hybridized carbons (Fsp3) is 0.190. The smallest absolute Gasteiger partial charge is 0.274 e. The van der Waals surface area contributed by atoms with E-state index in [1.165, 1.54) is 5.56 Å². The first-order valence-electron chi connectivity index (χ1n) is 8.53. The molecule has 5 nitrogen and oxygen atoms in total. The van der Waals surface area contributed by atoms with E-state index in [-0.39, 0.29) is 5.91 Å². The summed E-state index contributed by atoms with van der Waals surface area (Å²) in [5.41, 5.74) is 4.59. The van der Waals surface area contributed by atoms with Gasteiger partial charge in [0, 0.05) is 18.3 Å². The lowest BCUT2D eigenvalue weighted by Crippen LogP contribution is -2.15. The molecule has 0 saturated heterocycles. The van der Waals surface area contributed by atoms with Gasteiger partial charge in [-0.3, -0.25) is 4.79 Å². The fourth-order valence-corrected chi connectivity index (χ4v) is 2.62. The number of benzene rings is 2. The van der Waals surface area contributed by atoms with Gasteiger partial charge in [0.05, 0.1) is 0 Å². The summed E-state index contributed by atoms with van der Waals surface area (Å²) in [6.45, 7) is 6.48. The third-order valence-corrected chi connectivity index (χ3v) is 3.94. The minimum atomic E-state index is -0.252. The summed E-state index contributed by atoms with van der Waals surface area (Å²) in [5.74, 6) is 0.930. The van der Waals surface area contributed by atoms with Crippen LogP contribution in [-0.4, -0.2) is 15.9 Å². The van der Waals surface area contributed by atoms with Crippen molar-refractivity contribution in [3.05, 3.63) is 82.8 Å². The zero-order valence-corrected chi connectivity index (χ0v) is 15.2. The van der Waals surface area contributed by atoms with Gasteiger partial charge in [0.15, 0.2) is 0 Å². The SMILES string of the molecule is Cc1ccc(NC(=O)c2cc(NCc3cccc(C)c3)nc(C)n2)cc1.